The van der Waals surface area contributed by atoms with E-state index in [9.17, 15) is 0 Å². The third-order valence-electron chi connectivity index (χ3n) is 3.42. The third kappa shape index (κ3) is 3.14. The van der Waals surface area contributed by atoms with Crippen molar-refractivity contribution >= 4 is 0 Å². The molecule has 2 aromatic rings. The van der Waals surface area contributed by atoms with Crippen LogP contribution in [0.5, 0.6) is 5.75 Å². The standard InChI is InChI=1S/C16H21N3O/c1-10-5-6-16(20-4)13(7-10)9-15(17)14-8-11(2)18-19-12(14)3/h5-8,15H,9,17H2,1-4H3. The zero-order valence-corrected chi connectivity index (χ0v) is 12.5. The highest BCUT2D eigenvalue weighted by atomic mass is 16.5. The molecule has 4 heteroatoms. The van der Waals surface area contributed by atoms with Gasteiger partial charge in [-0.05, 0) is 50.5 Å². The number of nitrogens with two attached hydrogens (primary N) is 1. The first-order valence-corrected chi connectivity index (χ1v) is 6.71. The highest BCUT2D eigenvalue weighted by molar-refractivity contribution is 5.38. The molecule has 4 nitrogen and oxygen atoms in total. The van der Waals surface area contributed by atoms with Crippen LogP contribution in [0.3, 0.4) is 0 Å². The summed E-state index contributed by atoms with van der Waals surface area (Å²) in [5.74, 6) is 0.877. The molecule has 0 radical (unpaired) electrons. The summed E-state index contributed by atoms with van der Waals surface area (Å²) in [5.41, 5.74) is 11.5. The van der Waals surface area contributed by atoms with Crippen molar-refractivity contribution in [2.24, 2.45) is 5.73 Å². The smallest absolute Gasteiger partial charge is 0.122 e. The fourth-order valence-electron chi connectivity index (χ4n) is 2.36. The molecule has 1 aromatic heterocycles. The fraction of sp³-hybridized carbons (Fsp3) is 0.375. The van der Waals surface area contributed by atoms with Gasteiger partial charge in [0.15, 0.2) is 0 Å². The molecule has 0 aliphatic heterocycles. The highest BCUT2D eigenvalue weighted by Gasteiger charge is 2.14. The van der Waals surface area contributed by atoms with Gasteiger partial charge in [0.25, 0.3) is 0 Å². The molecule has 1 atom stereocenters. The van der Waals surface area contributed by atoms with Gasteiger partial charge in [-0.3, -0.25) is 0 Å². The van der Waals surface area contributed by atoms with Gasteiger partial charge in [-0.1, -0.05) is 17.7 Å². The summed E-state index contributed by atoms with van der Waals surface area (Å²) in [6, 6.07) is 8.04. The van der Waals surface area contributed by atoms with E-state index in [-0.39, 0.29) is 6.04 Å². The lowest BCUT2D eigenvalue weighted by molar-refractivity contribution is 0.408. The van der Waals surface area contributed by atoms with Gasteiger partial charge in [-0.15, -0.1) is 0 Å². The van der Waals surface area contributed by atoms with Crippen LogP contribution in [0.25, 0.3) is 0 Å². The van der Waals surface area contributed by atoms with Crippen LogP contribution in [0.4, 0.5) is 0 Å². The van der Waals surface area contributed by atoms with E-state index in [0.29, 0.717) is 0 Å². The Morgan fingerprint density at radius 2 is 1.90 bits per heavy atom. The molecule has 0 saturated heterocycles. The molecule has 0 saturated carbocycles. The number of benzene rings is 1. The second kappa shape index (κ2) is 6.01. The van der Waals surface area contributed by atoms with E-state index in [1.807, 2.05) is 32.0 Å². The molecular formula is C16H21N3O. The van der Waals surface area contributed by atoms with E-state index in [0.717, 1.165) is 34.7 Å². The van der Waals surface area contributed by atoms with Crippen LogP contribution in [0, 0.1) is 20.8 Å². The molecule has 1 aromatic carbocycles. The minimum Gasteiger partial charge on any atom is -0.496 e. The predicted molar refractivity (Wildman–Crippen MR) is 79.9 cm³/mol. The Morgan fingerprint density at radius 3 is 2.60 bits per heavy atom. The van der Waals surface area contributed by atoms with E-state index >= 15 is 0 Å². The van der Waals surface area contributed by atoms with Gasteiger partial charge in [0, 0.05) is 6.04 Å². The summed E-state index contributed by atoms with van der Waals surface area (Å²) >= 11 is 0. The maximum atomic E-state index is 6.35. The van der Waals surface area contributed by atoms with Crippen LogP contribution in [0.2, 0.25) is 0 Å². The first-order valence-electron chi connectivity index (χ1n) is 6.71. The average Bonchev–Trinajstić information content (AvgIpc) is 2.41. The lowest BCUT2D eigenvalue weighted by atomic mass is 9.97. The summed E-state index contributed by atoms with van der Waals surface area (Å²) in [4.78, 5) is 0. The van der Waals surface area contributed by atoms with Gasteiger partial charge < -0.3 is 10.5 Å². The molecule has 106 valence electrons. The summed E-state index contributed by atoms with van der Waals surface area (Å²) in [7, 11) is 1.68. The topological polar surface area (TPSA) is 61.0 Å². The molecule has 0 amide bonds. The number of nitrogens with zero attached hydrogens (tertiary/aromatic N) is 2. The van der Waals surface area contributed by atoms with Crippen molar-refractivity contribution in [2.45, 2.75) is 33.2 Å². The van der Waals surface area contributed by atoms with Crippen molar-refractivity contribution in [1.82, 2.24) is 10.2 Å². The van der Waals surface area contributed by atoms with E-state index in [4.69, 9.17) is 10.5 Å². The lowest BCUT2D eigenvalue weighted by Crippen LogP contribution is -2.16. The number of hydrogen-bond donors (Lipinski definition) is 1. The number of ether oxygens (including phenoxy) is 1. The molecule has 20 heavy (non-hydrogen) atoms. The van der Waals surface area contributed by atoms with Gasteiger partial charge in [0.1, 0.15) is 5.75 Å². The number of methoxy groups -OCH3 is 1. The first-order chi connectivity index (χ1) is 9.51. The van der Waals surface area contributed by atoms with Crippen molar-refractivity contribution in [3.63, 3.8) is 0 Å². The Hall–Kier alpha value is -1.94. The average molecular weight is 271 g/mol. The van der Waals surface area contributed by atoms with Crippen LogP contribution in [0.1, 0.15) is 34.1 Å². The predicted octanol–water partition coefficient (Wildman–Crippen LogP) is 2.65. The molecule has 0 aliphatic carbocycles. The minimum atomic E-state index is -0.111. The molecule has 0 bridgehead atoms. The summed E-state index contributed by atoms with van der Waals surface area (Å²) in [6.45, 7) is 5.93. The largest absolute Gasteiger partial charge is 0.496 e. The Kier molecular flexibility index (Phi) is 4.35. The Bertz CT molecular complexity index is 611. The third-order valence-corrected chi connectivity index (χ3v) is 3.42. The van der Waals surface area contributed by atoms with Crippen molar-refractivity contribution in [3.8, 4) is 5.75 Å². The Labute approximate surface area is 120 Å². The number of aryl methyl sites for hydroxylation is 3. The molecule has 2 N–H and O–H groups in total. The number of aromatic nitrogens is 2. The molecule has 2 rings (SSSR count). The maximum absolute atomic E-state index is 6.35. The second-order valence-corrected chi connectivity index (χ2v) is 5.15. The molecule has 0 spiro atoms. The van der Waals surface area contributed by atoms with Crippen LogP contribution in [-0.2, 0) is 6.42 Å². The van der Waals surface area contributed by atoms with Crippen LogP contribution >= 0.6 is 0 Å². The van der Waals surface area contributed by atoms with Crippen molar-refractivity contribution in [3.05, 3.63) is 52.3 Å². The van der Waals surface area contributed by atoms with Gasteiger partial charge in [-0.25, -0.2) is 0 Å². The summed E-state index contributed by atoms with van der Waals surface area (Å²) < 4.78 is 5.41. The highest BCUT2D eigenvalue weighted by Crippen LogP contribution is 2.25. The molecular weight excluding hydrogens is 250 g/mol. The van der Waals surface area contributed by atoms with Crippen LogP contribution in [-0.4, -0.2) is 17.3 Å². The number of rotatable bonds is 4. The fourth-order valence-corrected chi connectivity index (χ4v) is 2.36. The quantitative estimate of drug-likeness (QED) is 0.928. The van der Waals surface area contributed by atoms with E-state index < -0.39 is 0 Å². The van der Waals surface area contributed by atoms with E-state index in [1.165, 1.54) is 5.56 Å². The number of hydrogen-bond acceptors (Lipinski definition) is 4. The summed E-state index contributed by atoms with van der Waals surface area (Å²) in [6.07, 6.45) is 0.719. The van der Waals surface area contributed by atoms with Crippen molar-refractivity contribution in [1.29, 1.82) is 0 Å². The van der Waals surface area contributed by atoms with E-state index in [1.54, 1.807) is 7.11 Å². The monoisotopic (exact) mass is 271 g/mol. The van der Waals surface area contributed by atoms with Gasteiger partial charge >= 0.3 is 0 Å². The summed E-state index contributed by atoms with van der Waals surface area (Å²) in [5, 5.41) is 8.19. The maximum Gasteiger partial charge on any atom is 0.122 e. The zero-order valence-electron chi connectivity index (χ0n) is 12.5. The molecule has 1 unspecified atom stereocenters. The van der Waals surface area contributed by atoms with Gasteiger partial charge in [0.2, 0.25) is 0 Å². The minimum absolute atomic E-state index is 0.111. The van der Waals surface area contributed by atoms with E-state index in [2.05, 4.69) is 23.2 Å². The SMILES string of the molecule is COc1ccc(C)cc1CC(N)c1cc(C)nnc1C. The molecule has 1 heterocycles. The van der Waals surface area contributed by atoms with Crippen LogP contribution in [0.15, 0.2) is 24.3 Å². The van der Waals surface area contributed by atoms with Crippen LogP contribution < -0.4 is 10.5 Å². The second-order valence-electron chi connectivity index (χ2n) is 5.15. The molecule has 0 fully saturated rings. The Balaban J connectivity index is 2.29. The molecule has 0 aliphatic rings. The van der Waals surface area contributed by atoms with Gasteiger partial charge in [-0.2, -0.15) is 10.2 Å². The van der Waals surface area contributed by atoms with Gasteiger partial charge in [0.05, 0.1) is 18.5 Å². The van der Waals surface area contributed by atoms with Crippen molar-refractivity contribution < 1.29 is 4.74 Å². The van der Waals surface area contributed by atoms with Crippen molar-refractivity contribution in [2.75, 3.05) is 7.11 Å². The Morgan fingerprint density at radius 1 is 1.15 bits per heavy atom. The first kappa shape index (κ1) is 14.5. The normalized spacial score (nSPS) is 12.2. The zero-order chi connectivity index (χ0) is 14.7. The lowest BCUT2D eigenvalue weighted by Gasteiger charge is -2.16.